The third kappa shape index (κ3) is 5.63. The van der Waals surface area contributed by atoms with Crippen molar-refractivity contribution in [3.8, 4) is 11.5 Å². The van der Waals surface area contributed by atoms with Crippen LogP contribution < -0.4 is 20.1 Å². The summed E-state index contributed by atoms with van der Waals surface area (Å²) < 4.78 is 10.6. The minimum Gasteiger partial charge on any atom is -0.497 e. The zero-order chi connectivity index (χ0) is 15.8. The molecule has 1 atom stereocenters. The van der Waals surface area contributed by atoms with Gasteiger partial charge in [-0.15, -0.1) is 0 Å². The van der Waals surface area contributed by atoms with Crippen molar-refractivity contribution in [3.63, 3.8) is 0 Å². The van der Waals surface area contributed by atoms with E-state index in [4.69, 9.17) is 9.47 Å². The van der Waals surface area contributed by atoms with Crippen molar-refractivity contribution in [1.82, 2.24) is 10.6 Å². The molecule has 21 heavy (non-hydrogen) atoms. The Morgan fingerprint density at radius 3 is 2.48 bits per heavy atom. The topological polar surface area (TPSA) is 59.6 Å². The van der Waals surface area contributed by atoms with Crippen LogP contribution in [0.2, 0.25) is 0 Å². The van der Waals surface area contributed by atoms with Gasteiger partial charge in [-0.25, -0.2) is 0 Å². The number of nitrogens with one attached hydrogen (secondary N) is 2. The molecule has 1 aromatic carbocycles. The Hall–Kier alpha value is -1.75. The van der Waals surface area contributed by atoms with Gasteiger partial charge in [0.1, 0.15) is 11.5 Å². The highest BCUT2D eigenvalue weighted by Gasteiger charge is 2.13. The summed E-state index contributed by atoms with van der Waals surface area (Å²) in [7, 11) is 3.25. The quantitative estimate of drug-likeness (QED) is 0.771. The molecule has 0 radical (unpaired) electrons. The molecular formula is C16H26N2O3. The Kier molecular flexibility index (Phi) is 7.02. The largest absolute Gasteiger partial charge is 0.497 e. The molecule has 1 amide bonds. The highest BCUT2D eigenvalue weighted by atomic mass is 16.5. The van der Waals surface area contributed by atoms with Gasteiger partial charge in [0.25, 0.3) is 0 Å². The molecule has 0 aliphatic carbocycles. The molecule has 1 rings (SSSR count). The molecule has 0 aromatic heterocycles. The summed E-state index contributed by atoms with van der Waals surface area (Å²) in [4.78, 5) is 11.7. The van der Waals surface area contributed by atoms with Crippen molar-refractivity contribution in [3.05, 3.63) is 23.8 Å². The van der Waals surface area contributed by atoms with Crippen LogP contribution in [-0.2, 0) is 4.79 Å². The van der Waals surface area contributed by atoms with Crippen molar-refractivity contribution in [1.29, 1.82) is 0 Å². The molecule has 0 heterocycles. The number of amides is 1. The summed E-state index contributed by atoms with van der Waals surface area (Å²) in [6.07, 6.45) is 0. The van der Waals surface area contributed by atoms with Crippen molar-refractivity contribution in [2.24, 2.45) is 5.92 Å². The van der Waals surface area contributed by atoms with E-state index in [9.17, 15) is 4.79 Å². The molecule has 5 nitrogen and oxygen atoms in total. The third-order valence-corrected chi connectivity index (χ3v) is 3.18. The average molecular weight is 294 g/mol. The number of hydrogen-bond acceptors (Lipinski definition) is 4. The Bertz CT molecular complexity index is 461. The van der Waals surface area contributed by atoms with Gasteiger partial charge in [0.05, 0.1) is 20.8 Å². The van der Waals surface area contributed by atoms with Crippen LogP contribution in [0.1, 0.15) is 32.4 Å². The lowest BCUT2D eigenvalue weighted by Gasteiger charge is -2.18. The zero-order valence-corrected chi connectivity index (χ0v) is 13.5. The van der Waals surface area contributed by atoms with Crippen molar-refractivity contribution < 1.29 is 14.3 Å². The SMILES string of the molecule is COc1ccc(C(C)NCC(=O)NCC(C)C)c(OC)c1. The molecule has 1 unspecified atom stereocenters. The van der Waals surface area contributed by atoms with Crippen LogP contribution in [-0.4, -0.2) is 33.2 Å². The third-order valence-electron chi connectivity index (χ3n) is 3.18. The lowest BCUT2D eigenvalue weighted by atomic mass is 10.1. The van der Waals surface area contributed by atoms with Crippen LogP contribution in [0.15, 0.2) is 18.2 Å². The van der Waals surface area contributed by atoms with E-state index in [1.54, 1.807) is 14.2 Å². The number of hydrogen-bond donors (Lipinski definition) is 2. The smallest absolute Gasteiger partial charge is 0.233 e. The highest BCUT2D eigenvalue weighted by molar-refractivity contribution is 5.78. The van der Waals surface area contributed by atoms with E-state index in [1.165, 1.54) is 0 Å². The first-order valence-corrected chi connectivity index (χ1v) is 7.20. The van der Waals surface area contributed by atoms with Crippen LogP contribution in [0, 0.1) is 5.92 Å². The Balaban J connectivity index is 2.59. The Morgan fingerprint density at radius 2 is 1.90 bits per heavy atom. The van der Waals surface area contributed by atoms with Gasteiger partial charge in [0.15, 0.2) is 0 Å². The summed E-state index contributed by atoms with van der Waals surface area (Å²) in [5.74, 6) is 1.95. The van der Waals surface area contributed by atoms with Crippen LogP contribution in [0.4, 0.5) is 0 Å². The lowest BCUT2D eigenvalue weighted by Crippen LogP contribution is -2.36. The van der Waals surface area contributed by atoms with E-state index in [-0.39, 0.29) is 18.5 Å². The Labute approximate surface area is 127 Å². The van der Waals surface area contributed by atoms with Crippen molar-refractivity contribution in [2.75, 3.05) is 27.3 Å². The monoisotopic (exact) mass is 294 g/mol. The van der Waals surface area contributed by atoms with Gasteiger partial charge in [-0.2, -0.15) is 0 Å². The molecule has 0 spiro atoms. The Morgan fingerprint density at radius 1 is 1.19 bits per heavy atom. The first kappa shape index (κ1) is 17.3. The fraction of sp³-hybridized carbons (Fsp3) is 0.562. The standard InChI is InChI=1S/C16H26N2O3/c1-11(2)9-18-16(19)10-17-12(3)14-7-6-13(20-4)8-15(14)21-5/h6-8,11-12,17H,9-10H2,1-5H3,(H,18,19). The molecule has 1 aromatic rings. The van der Waals surface area contributed by atoms with Gasteiger partial charge < -0.3 is 20.1 Å². The zero-order valence-electron chi connectivity index (χ0n) is 13.5. The fourth-order valence-electron chi connectivity index (χ4n) is 1.91. The van der Waals surface area contributed by atoms with Gasteiger partial charge in [0.2, 0.25) is 5.91 Å². The van der Waals surface area contributed by atoms with E-state index in [1.807, 2.05) is 25.1 Å². The molecule has 5 heteroatoms. The summed E-state index contributed by atoms with van der Waals surface area (Å²) in [5.41, 5.74) is 0.995. The second kappa shape index (κ2) is 8.52. The minimum absolute atomic E-state index is 0.00280. The second-order valence-electron chi connectivity index (χ2n) is 5.41. The number of ether oxygens (including phenoxy) is 2. The molecule has 0 saturated carbocycles. The maximum Gasteiger partial charge on any atom is 0.233 e. The lowest BCUT2D eigenvalue weighted by molar-refractivity contribution is -0.120. The van der Waals surface area contributed by atoms with E-state index in [0.717, 1.165) is 17.1 Å². The van der Waals surface area contributed by atoms with Gasteiger partial charge >= 0.3 is 0 Å². The molecule has 0 bridgehead atoms. The van der Waals surface area contributed by atoms with Crippen LogP contribution in [0.3, 0.4) is 0 Å². The summed E-state index contributed by atoms with van der Waals surface area (Å²) in [6, 6.07) is 5.68. The normalized spacial score (nSPS) is 12.1. The predicted molar refractivity (Wildman–Crippen MR) is 83.8 cm³/mol. The van der Waals surface area contributed by atoms with Gasteiger partial charge in [0, 0.05) is 24.2 Å². The van der Waals surface area contributed by atoms with Crippen molar-refractivity contribution in [2.45, 2.75) is 26.8 Å². The highest BCUT2D eigenvalue weighted by Crippen LogP contribution is 2.29. The average Bonchev–Trinajstić information content (AvgIpc) is 2.49. The van der Waals surface area contributed by atoms with E-state index >= 15 is 0 Å². The second-order valence-corrected chi connectivity index (χ2v) is 5.41. The van der Waals surface area contributed by atoms with Gasteiger partial charge in [-0.3, -0.25) is 4.79 Å². The molecular weight excluding hydrogens is 268 g/mol. The predicted octanol–water partition coefficient (Wildman–Crippen LogP) is 2.13. The fourth-order valence-corrected chi connectivity index (χ4v) is 1.91. The maximum absolute atomic E-state index is 11.7. The number of carbonyl (C=O) groups is 1. The summed E-state index contributed by atoms with van der Waals surface area (Å²) in [5, 5.41) is 6.08. The first-order valence-electron chi connectivity index (χ1n) is 7.20. The molecule has 0 fully saturated rings. The van der Waals surface area contributed by atoms with Crippen LogP contribution >= 0.6 is 0 Å². The molecule has 0 aliphatic rings. The number of benzene rings is 1. The molecule has 0 saturated heterocycles. The van der Waals surface area contributed by atoms with E-state index in [2.05, 4.69) is 24.5 Å². The van der Waals surface area contributed by atoms with E-state index in [0.29, 0.717) is 12.5 Å². The number of methoxy groups -OCH3 is 2. The van der Waals surface area contributed by atoms with Crippen LogP contribution in [0.5, 0.6) is 11.5 Å². The van der Waals surface area contributed by atoms with Gasteiger partial charge in [-0.1, -0.05) is 19.9 Å². The molecule has 118 valence electrons. The number of rotatable bonds is 8. The van der Waals surface area contributed by atoms with Crippen LogP contribution in [0.25, 0.3) is 0 Å². The molecule has 2 N–H and O–H groups in total. The summed E-state index contributed by atoms with van der Waals surface area (Å²) >= 11 is 0. The molecule has 0 aliphatic heterocycles. The van der Waals surface area contributed by atoms with E-state index < -0.39 is 0 Å². The summed E-state index contributed by atoms with van der Waals surface area (Å²) in [6.45, 7) is 7.11. The maximum atomic E-state index is 11.7. The number of carbonyl (C=O) groups excluding carboxylic acids is 1. The van der Waals surface area contributed by atoms with Gasteiger partial charge in [-0.05, 0) is 18.9 Å². The minimum atomic E-state index is 0.00280. The van der Waals surface area contributed by atoms with Crippen molar-refractivity contribution >= 4 is 5.91 Å². The first-order chi connectivity index (χ1) is 9.97.